The van der Waals surface area contributed by atoms with Crippen molar-refractivity contribution in [2.24, 2.45) is 5.73 Å². The van der Waals surface area contributed by atoms with Crippen molar-refractivity contribution in [1.82, 2.24) is 25.1 Å². The third-order valence-electron chi connectivity index (χ3n) is 6.55. The number of nitrogens with zero attached hydrogens (tertiary/aromatic N) is 4. The summed E-state index contributed by atoms with van der Waals surface area (Å²) in [5.41, 5.74) is 9.12. The molecular weight excluding hydrogens is 486 g/mol. The van der Waals surface area contributed by atoms with Gasteiger partial charge in [0, 0.05) is 35.8 Å². The number of aromatic amines is 2. The van der Waals surface area contributed by atoms with Gasteiger partial charge in [-0.2, -0.15) is 0 Å². The van der Waals surface area contributed by atoms with Gasteiger partial charge in [0.2, 0.25) is 0 Å². The average molecular weight is 508 g/mol. The fourth-order valence-electron chi connectivity index (χ4n) is 4.72. The number of hydrogen-bond donors (Lipinski definition) is 3. The number of nitrogens with two attached hydrogens (primary N) is 1. The summed E-state index contributed by atoms with van der Waals surface area (Å²) in [6.45, 7) is 3.67. The van der Waals surface area contributed by atoms with E-state index in [1.807, 2.05) is 18.2 Å². The number of aromatic nitrogens is 5. The maximum Gasteiger partial charge on any atom is 0.289 e. The fraction of sp³-hybridized carbons (Fsp3) is 0.292. The SMILES string of the molecule is CCC1=C(Cl)c2c(nc(Sc3ccc4cc5c(=O)[nH][nH]c(=O)c5nc4c3)nc2N2CC[C@@H](N)C2)C1. The number of rotatable bonds is 4. The standard InChI is InChI=1S/C24H22ClN7O2S/c1-2-11-8-17-18(19(11)25)21(32-6-5-13(26)10-32)29-24(28-17)35-14-4-3-12-7-15-20(27-16(12)9-14)23(34)31-30-22(15)33/h3-4,7,9,13H,2,5-6,8,10,26H2,1H3,(H,30,33)(H,31,34)/t13-/m1/s1. The van der Waals surface area contributed by atoms with Crippen LogP contribution in [0.5, 0.6) is 0 Å². The zero-order valence-corrected chi connectivity index (χ0v) is 20.5. The molecule has 1 saturated heterocycles. The highest BCUT2D eigenvalue weighted by Gasteiger charge is 2.31. The summed E-state index contributed by atoms with van der Waals surface area (Å²) in [7, 11) is 0. The highest BCUT2D eigenvalue weighted by atomic mass is 35.5. The van der Waals surface area contributed by atoms with Gasteiger partial charge in [-0.1, -0.05) is 24.6 Å². The third-order valence-corrected chi connectivity index (χ3v) is 7.86. The molecule has 0 bridgehead atoms. The molecule has 35 heavy (non-hydrogen) atoms. The van der Waals surface area contributed by atoms with Gasteiger partial charge >= 0.3 is 0 Å². The first-order valence-corrected chi connectivity index (χ1v) is 12.6. The Bertz CT molecular complexity index is 1660. The molecule has 4 heterocycles. The highest BCUT2D eigenvalue weighted by Crippen LogP contribution is 2.43. The lowest BCUT2D eigenvalue weighted by atomic mass is 10.1. The zero-order valence-electron chi connectivity index (χ0n) is 18.9. The van der Waals surface area contributed by atoms with Crippen molar-refractivity contribution in [2.45, 2.75) is 42.3 Å². The number of hydrogen-bond acceptors (Lipinski definition) is 8. The molecule has 2 aliphatic rings. The molecule has 3 aromatic heterocycles. The lowest BCUT2D eigenvalue weighted by molar-refractivity contribution is 0.750. The van der Waals surface area contributed by atoms with Crippen molar-refractivity contribution in [2.75, 3.05) is 18.0 Å². The summed E-state index contributed by atoms with van der Waals surface area (Å²) in [6, 6.07) is 7.49. The zero-order chi connectivity index (χ0) is 24.3. The van der Waals surface area contributed by atoms with Crippen LogP contribution < -0.4 is 21.8 Å². The molecular formula is C24H22ClN7O2S. The summed E-state index contributed by atoms with van der Waals surface area (Å²) in [5, 5.41) is 7.06. The topological polar surface area (TPSA) is 134 Å². The van der Waals surface area contributed by atoms with Gasteiger partial charge in [0.25, 0.3) is 11.1 Å². The summed E-state index contributed by atoms with van der Waals surface area (Å²) in [6.07, 6.45) is 2.49. The summed E-state index contributed by atoms with van der Waals surface area (Å²) in [4.78, 5) is 41.6. The number of pyridine rings is 1. The lowest BCUT2D eigenvalue weighted by Gasteiger charge is -2.21. The largest absolute Gasteiger partial charge is 0.354 e. The number of halogens is 1. The van der Waals surface area contributed by atoms with Crippen LogP contribution in [-0.2, 0) is 6.42 Å². The van der Waals surface area contributed by atoms with E-state index in [4.69, 9.17) is 27.3 Å². The summed E-state index contributed by atoms with van der Waals surface area (Å²) < 4.78 is 0. The van der Waals surface area contributed by atoms with E-state index >= 15 is 0 Å². The van der Waals surface area contributed by atoms with Crippen molar-refractivity contribution < 1.29 is 0 Å². The molecule has 6 rings (SSSR count). The van der Waals surface area contributed by atoms with Crippen LogP contribution in [-0.4, -0.2) is 44.3 Å². The maximum atomic E-state index is 12.2. The van der Waals surface area contributed by atoms with Gasteiger partial charge in [-0.3, -0.25) is 19.8 Å². The molecule has 178 valence electrons. The van der Waals surface area contributed by atoms with Gasteiger partial charge in [0.05, 0.1) is 27.2 Å². The molecule has 1 atom stereocenters. The van der Waals surface area contributed by atoms with Gasteiger partial charge in [-0.25, -0.2) is 15.0 Å². The van der Waals surface area contributed by atoms with E-state index in [0.29, 0.717) is 10.7 Å². The van der Waals surface area contributed by atoms with Crippen molar-refractivity contribution in [1.29, 1.82) is 0 Å². The quantitative estimate of drug-likeness (QED) is 0.283. The monoisotopic (exact) mass is 507 g/mol. The van der Waals surface area contributed by atoms with E-state index in [1.165, 1.54) is 17.3 Å². The first kappa shape index (κ1) is 22.3. The molecule has 0 radical (unpaired) electrons. The lowest BCUT2D eigenvalue weighted by Crippen LogP contribution is -2.28. The van der Waals surface area contributed by atoms with Gasteiger partial charge < -0.3 is 10.6 Å². The van der Waals surface area contributed by atoms with Crippen LogP contribution in [0.25, 0.3) is 26.8 Å². The van der Waals surface area contributed by atoms with Crippen LogP contribution in [0.15, 0.2) is 49.5 Å². The Kier molecular flexibility index (Phi) is 5.39. The number of H-pyrrole nitrogens is 2. The van der Waals surface area contributed by atoms with Gasteiger partial charge in [-0.15, -0.1) is 0 Å². The summed E-state index contributed by atoms with van der Waals surface area (Å²) in [5.74, 6) is 0.842. The normalized spacial score (nSPS) is 17.7. The smallest absolute Gasteiger partial charge is 0.289 e. The van der Waals surface area contributed by atoms with E-state index in [9.17, 15) is 9.59 Å². The van der Waals surface area contributed by atoms with Crippen LogP contribution in [0, 0.1) is 0 Å². The van der Waals surface area contributed by atoms with Crippen LogP contribution in [0.3, 0.4) is 0 Å². The minimum absolute atomic E-state index is 0.109. The number of fused-ring (bicyclic) bond motifs is 3. The van der Waals surface area contributed by atoms with Crippen LogP contribution in [0.4, 0.5) is 5.82 Å². The van der Waals surface area contributed by atoms with Gasteiger partial charge in [0.1, 0.15) is 11.3 Å². The molecule has 1 aromatic carbocycles. The second-order valence-electron chi connectivity index (χ2n) is 8.84. The first-order chi connectivity index (χ1) is 16.9. The van der Waals surface area contributed by atoms with E-state index < -0.39 is 5.56 Å². The van der Waals surface area contributed by atoms with Crippen LogP contribution in [0.1, 0.15) is 31.0 Å². The minimum atomic E-state index is -0.439. The summed E-state index contributed by atoms with van der Waals surface area (Å²) >= 11 is 8.18. The maximum absolute atomic E-state index is 12.2. The average Bonchev–Trinajstić information content (AvgIpc) is 3.43. The number of nitrogens with one attached hydrogen (secondary N) is 2. The van der Waals surface area contributed by atoms with E-state index in [2.05, 4.69) is 27.0 Å². The van der Waals surface area contributed by atoms with Gasteiger partial charge in [0.15, 0.2) is 5.16 Å². The molecule has 0 spiro atoms. The number of benzene rings is 1. The number of anilines is 1. The van der Waals surface area contributed by atoms with Crippen molar-refractivity contribution >= 4 is 56.0 Å². The second-order valence-corrected chi connectivity index (χ2v) is 10.3. The molecule has 11 heteroatoms. The highest BCUT2D eigenvalue weighted by molar-refractivity contribution is 7.99. The molecule has 0 unspecified atom stereocenters. The van der Waals surface area contributed by atoms with E-state index in [0.717, 1.165) is 64.7 Å². The first-order valence-electron chi connectivity index (χ1n) is 11.4. The van der Waals surface area contributed by atoms with E-state index in [-0.39, 0.29) is 22.5 Å². The molecule has 9 nitrogen and oxygen atoms in total. The fourth-order valence-corrected chi connectivity index (χ4v) is 5.92. The Morgan fingerprint density at radius 1 is 1.17 bits per heavy atom. The molecule has 1 aliphatic heterocycles. The van der Waals surface area contributed by atoms with Crippen molar-refractivity contribution in [3.05, 3.63) is 61.8 Å². The Morgan fingerprint density at radius 3 is 2.77 bits per heavy atom. The number of allylic oxidation sites excluding steroid dienone is 1. The van der Waals surface area contributed by atoms with Gasteiger partial charge in [-0.05, 0) is 48.4 Å². The Balaban J connectivity index is 1.41. The predicted octanol–water partition coefficient (Wildman–Crippen LogP) is 3.16. The Hall–Kier alpha value is -3.21. The van der Waals surface area contributed by atoms with Crippen LogP contribution in [0.2, 0.25) is 0 Å². The molecule has 0 saturated carbocycles. The Labute approximate surface area is 208 Å². The van der Waals surface area contributed by atoms with E-state index in [1.54, 1.807) is 6.07 Å². The van der Waals surface area contributed by atoms with Crippen LogP contribution >= 0.6 is 23.4 Å². The molecule has 1 aliphatic carbocycles. The predicted molar refractivity (Wildman–Crippen MR) is 138 cm³/mol. The molecule has 1 fully saturated rings. The third kappa shape index (κ3) is 3.81. The molecule has 0 amide bonds. The molecule has 4 aromatic rings. The Morgan fingerprint density at radius 2 is 2.00 bits per heavy atom. The molecule has 4 N–H and O–H groups in total. The van der Waals surface area contributed by atoms with Crippen molar-refractivity contribution in [3.63, 3.8) is 0 Å². The minimum Gasteiger partial charge on any atom is -0.354 e. The van der Waals surface area contributed by atoms with Crippen molar-refractivity contribution in [3.8, 4) is 0 Å². The second kappa shape index (κ2) is 8.47.